The first kappa shape index (κ1) is 20.4. The number of aliphatic hydroxyl groups excluding tert-OH is 1. The molecule has 1 saturated heterocycles. The Bertz CT molecular complexity index is 1100. The Labute approximate surface area is 181 Å². The van der Waals surface area contributed by atoms with Crippen LogP contribution in [0.5, 0.6) is 0 Å². The average Bonchev–Trinajstić information content (AvgIpc) is 2.79. The monoisotopic (exact) mass is 421 g/mol. The number of rotatable bonds is 5. The summed E-state index contributed by atoms with van der Waals surface area (Å²) < 4.78 is 0. The molecule has 0 radical (unpaired) electrons. The summed E-state index contributed by atoms with van der Waals surface area (Å²) in [6.45, 7) is 11.8. The van der Waals surface area contributed by atoms with Gasteiger partial charge in [-0.05, 0) is 48.9 Å². The molecule has 0 aliphatic carbocycles. The molecule has 0 saturated carbocycles. The molecule has 0 amide bonds. The van der Waals surface area contributed by atoms with Gasteiger partial charge in [-0.15, -0.1) is 10.2 Å². The highest BCUT2D eigenvalue weighted by atomic mass is 35.5. The van der Waals surface area contributed by atoms with Crippen LogP contribution in [-0.2, 0) is 6.54 Å². The molecule has 2 heterocycles. The second-order valence-corrected chi connectivity index (χ2v) is 8.17. The van der Waals surface area contributed by atoms with Gasteiger partial charge in [0.15, 0.2) is 17.3 Å². The fraction of sp³-hybridized carbons (Fsp3) is 0.348. The molecular weight excluding hydrogens is 398 g/mol. The average molecular weight is 422 g/mol. The first-order valence-electron chi connectivity index (χ1n) is 10.1. The van der Waals surface area contributed by atoms with Crippen molar-refractivity contribution in [3.8, 4) is 0 Å². The van der Waals surface area contributed by atoms with Crippen LogP contribution in [0.2, 0.25) is 5.02 Å². The van der Waals surface area contributed by atoms with Crippen molar-refractivity contribution in [2.45, 2.75) is 26.3 Å². The van der Waals surface area contributed by atoms with Gasteiger partial charge in [0, 0.05) is 42.0 Å². The lowest BCUT2D eigenvalue weighted by Crippen LogP contribution is -2.35. The zero-order valence-electron chi connectivity index (χ0n) is 16.9. The van der Waals surface area contributed by atoms with Gasteiger partial charge in [-0.3, -0.25) is 0 Å². The topological polar surface area (TPSA) is 65.6 Å². The number of aromatic nitrogens is 2. The van der Waals surface area contributed by atoms with E-state index >= 15 is 0 Å². The molecule has 2 N–H and O–H groups in total. The summed E-state index contributed by atoms with van der Waals surface area (Å²) in [7, 11) is 0. The van der Waals surface area contributed by atoms with Gasteiger partial charge in [0.05, 0.1) is 6.57 Å². The Morgan fingerprint density at radius 2 is 1.97 bits per heavy atom. The van der Waals surface area contributed by atoms with Crippen molar-refractivity contribution in [2.24, 2.45) is 5.92 Å². The third-order valence-corrected chi connectivity index (χ3v) is 6.15. The Morgan fingerprint density at radius 3 is 2.67 bits per heavy atom. The SMILES string of the molecule is [C-]#[N+]c1ccc2c(N3CCC(CO)CC3)nnc(NCc3ccc(C)c(Cl)c3)c2c1. The van der Waals surface area contributed by atoms with Gasteiger partial charge in [-0.1, -0.05) is 35.9 Å². The summed E-state index contributed by atoms with van der Waals surface area (Å²) in [6, 6.07) is 11.6. The standard InChI is InChI=1S/C23H24ClN5O/c1-15-3-4-17(11-21(15)24)13-26-22-20-12-18(25-2)5-6-19(20)23(28-27-22)29-9-7-16(14-30)8-10-29/h3-6,11-12,16,30H,7-10,13-14H2,1H3,(H,26,27). The predicted octanol–water partition coefficient (Wildman–Crippen LogP) is 4.96. The van der Waals surface area contributed by atoms with Crippen LogP contribution in [0.15, 0.2) is 36.4 Å². The number of hydrogen-bond donors (Lipinski definition) is 2. The van der Waals surface area contributed by atoms with Crippen molar-refractivity contribution in [2.75, 3.05) is 29.9 Å². The number of nitrogens with one attached hydrogen (secondary N) is 1. The zero-order valence-corrected chi connectivity index (χ0v) is 17.7. The smallest absolute Gasteiger partial charge is 0.188 e. The fourth-order valence-corrected chi connectivity index (χ4v) is 4.02. The molecule has 0 spiro atoms. The summed E-state index contributed by atoms with van der Waals surface area (Å²) >= 11 is 6.25. The van der Waals surface area contributed by atoms with E-state index in [0.717, 1.165) is 58.7 Å². The molecule has 1 aliphatic rings. The molecule has 0 bridgehead atoms. The second-order valence-electron chi connectivity index (χ2n) is 7.76. The molecule has 1 fully saturated rings. The largest absolute Gasteiger partial charge is 0.396 e. The molecule has 154 valence electrons. The summed E-state index contributed by atoms with van der Waals surface area (Å²) in [5.74, 6) is 1.85. The minimum atomic E-state index is 0.237. The van der Waals surface area contributed by atoms with Crippen molar-refractivity contribution < 1.29 is 5.11 Å². The molecule has 6 nitrogen and oxygen atoms in total. The van der Waals surface area contributed by atoms with E-state index in [0.29, 0.717) is 24.0 Å². The molecule has 0 unspecified atom stereocenters. The van der Waals surface area contributed by atoms with E-state index in [4.69, 9.17) is 18.2 Å². The molecule has 4 rings (SSSR count). The van der Waals surface area contributed by atoms with E-state index in [1.54, 1.807) is 0 Å². The fourth-order valence-electron chi connectivity index (χ4n) is 3.82. The first-order valence-corrected chi connectivity index (χ1v) is 10.5. The summed E-state index contributed by atoms with van der Waals surface area (Å²) in [5, 5.41) is 24.4. The van der Waals surface area contributed by atoms with Gasteiger partial charge >= 0.3 is 0 Å². The number of fused-ring (bicyclic) bond motifs is 1. The zero-order chi connectivity index (χ0) is 21.1. The third-order valence-electron chi connectivity index (χ3n) is 5.74. The molecule has 0 atom stereocenters. The van der Waals surface area contributed by atoms with Crippen LogP contribution >= 0.6 is 11.6 Å². The molecular formula is C23H24ClN5O. The number of hydrogen-bond acceptors (Lipinski definition) is 5. The first-order chi connectivity index (χ1) is 14.6. The van der Waals surface area contributed by atoms with Crippen LogP contribution in [0.1, 0.15) is 24.0 Å². The quantitative estimate of drug-likeness (QED) is 0.570. The van der Waals surface area contributed by atoms with E-state index in [9.17, 15) is 5.11 Å². The van der Waals surface area contributed by atoms with Crippen molar-refractivity contribution in [1.29, 1.82) is 0 Å². The highest BCUT2D eigenvalue weighted by Gasteiger charge is 2.22. The molecule has 1 aliphatic heterocycles. The maximum absolute atomic E-state index is 9.41. The predicted molar refractivity (Wildman–Crippen MR) is 121 cm³/mol. The lowest BCUT2D eigenvalue weighted by Gasteiger charge is -2.32. The third kappa shape index (κ3) is 4.18. The van der Waals surface area contributed by atoms with Crippen LogP contribution in [0, 0.1) is 19.4 Å². The van der Waals surface area contributed by atoms with E-state index in [1.165, 1.54) is 0 Å². The van der Waals surface area contributed by atoms with E-state index in [1.807, 2.05) is 43.3 Å². The van der Waals surface area contributed by atoms with Gasteiger partial charge in [-0.2, -0.15) is 0 Å². The Kier molecular flexibility index (Phi) is 6.03. The lowest BCUT2D eigenvalue weighted by molar-refractivity contribution is 0.203. The van der Waals surface area contributed by atoms with Crippen molar-refractivity contribution in [1.82, 2.24) is 10.2 Å². The molecule has 3 aromatic rings. The summed E-state index contributed by atoms with van der Waals surface area (Å²) in [6.07, 6.45) is 1.88. The number of halogens is 1. The number of anilines is 2. The molecule has 30 heavy (non-hydrogen) atoms. The maximum Gasteiger partial charge on any atom is 0.188 e. The van der Waals surface area contributed by atoms with Crippen LogP contribution in [0.3, 0.4) is 0 Å². The van der Waals surface area contributed by atoms with Gasteiger partial charge in [0.25, 0.3) is 0 Å². The summed E-state index contributed by atoms with van der Waals surface area (Å²) in [5.41, 5.74) is 2.67. The normalized spacial score (nSPS) is 14.7. The highest BCUT2D eigenvalue weighted by Crippen LogP contribution is 2.33. The van der Waals surface area contributed by atoms with Crippen LogP contribution in [0.4, 0.5) is 17.3 Å². The molecule has 1 aromatic heterocycles. The maximum atomic E-state index is 9.41. The number of piperidine rings is 1. The number of benzene rings is 2. The Morgan fingerprint density at radius 1 is 1.17 bits per heavy atom. The Balaban J connectivity index is 1.65. The van der Waals surface area contributed by atoms with Crippen LogP contribution in [-0.4, -0.2) is 35.0 Å². The number of nitrogens with zero attached hydrogens (tertiary/aromatic N) is 4. The van der Waals surface area contributed by atoms with Crippen molar-refractivity contribution in [3.05, 3.63) is 64.0 Å². The van der Waals surface area contributed by atoms with Crippen molar-refractivity contribution >= 4 is 39.7 Å². The van der Waals surface area contributed by atoms with Gasteiger partial charge < -0.3 is 15.3 Å². The minimum absolute atomic E-state index is 0.237. The van der Waals surface area contributed by atoms with E-state index in [-0.39, 0.29) is 6.61 Å². The van der Waals surface area contributed by atoms with Gasteiger partial charge in [0.2, 0.25) is 0 Å². The van der Waals surface area contributed by atoms with Crippen LogP contribution in [0.25, 0.3) is 15.6 Å². The molecule has 7 heteroatoms. The Hall–Kier alpha value is -2.88. The minimum Gasteiger partial charge on any atom is -0.396 e. The summed E-state index contributed by atoms with van der Waals surface area (Å²) in [4.78, 5) is 5.80. The van der Waals surface area contributed by atoms with E-state index in [2.05, 4.69) is 25.3 Å². The van der Waals surface area contributed by atoms with Crippen LogP contribution < -0.4 is 10.2 Å². The van der Waals surface area contributed by atoms with Gasteiger partial charge in [-0.25, -0.2) is 4.85 Å². The number of aryl methyl sites for hydroxylation is 1. The second kappa shape index (κ2) is 8.86. The molecule has 2 aromatic carbocycles. The van der Waals surface area contributed by atoms with E-state index < -0.39 is 0 Å². The number of aliphatic hydroxyl groups is 1. The van der Waals surface area contributed by atoms with Crippen molar-refractivity contribution in [3.63, 3.8) is 0 Å². The highest BCUT2D eigenvalue weighted by molar-refractivity contribution is 6.31. The lowest BCUT2D eigenvalue weighted by atomic mass is 9.97. The van der Waals surface area contributed by atoms with Gasteiger partial charge in [0.1, 0.15) is 0 Å².